The van der Waals surface area contributed by atoms with E-state index >= 15 is 0 Å². The molecule has 1 fully saturated rings. The number of carbonyl (C=O) groups is 2. The number of nitrogens with zero attached hydrogens (tertiary/aromatic N) is 2. The average Bonchev–Trinajstić information content (AvgIpc) is 3.03. The standard InChI is InChI=1S/C24H19BrN2O2S/c1-2-14-27-23(29)22(15-21(28)17-10-12-18(25)13-11-17)30-24(27)26-20-9-5-7-16-6-3-4-8-19(16)20/h2-13,22H,1,14-15H2. The van der Waals surface area contributed by atoms with E-state index in [4.69, 9.17) is 4.99 Å². The van der Waals surface area contributed by atoms with Gasteiger partial charge in [0.2, 0.25) is 5.91 Å². The first-order chi connectivity index (χ1) is 14.6. The van der Waals surface area contributed by atoms with Gasteiger partial charge >= 0.3 is 0 Å². The van der Waals surface area contributed by atoms with Crippen LogP contribution in [0.2, 0.25) is 0 Å². The van der Waals surface area contributed by atoms with Crippen LogP contribution in [0.3, 0.4) is 0 Å². The van der Waals surface area contributed by atoms with Gasteiger partial charge in [0.05, 0.1) is 10.9 Å². The van der Waals surface area contributed by atoms with Gasteiger partial charge in [-0.25, -0.2) is 4.99 Å². The normalized spacial score (nSPS) is 17.6. The molecule has 1 aliphatic rings. The Kier molecular flexibility index (Phi) is 6.16. The van der Waals surface area contributed by atoms with E-state index in [1.165, 1.54) is 11.8 Å². The first kappa shape index (κ1) is 20.6. The smallest absolute Gasteiger partial charge is 0.242 e. The molecule has 0 N–H and O–H groups in total. The molecule has 1 atom stereocenters. The van der Waals surface area contributed by atoms with Gasteiger partial charge in [0.15, 0.2) is 11.0 Å². The highest BCUT2D eigenvalue weighted by Crippen LogP contribution is 2.34. The topological polar surface area (TPSA) is 49.7 Å². The molecule has 0 bridgehead atoms. The summed E-state index contributed by atoms with van der Waals surface area (Å²) in [4.78, 5) is 32.1. The molecule has 4 nitrogen and oxygen atoms in total. The maximum absolute atomic E-state index is 13.0. The quantitative estimate of drug-likeness (QED) is 0.322. The van der Waals surface area contributed by atoms with Crippen molar-refractivity contribution in [1.29, 1.82) is 0 Å². The molecule has 3 aromatic carbocycles. The zero-order valence-electron chi connectivity index (χ0n) is 16.1. The van der Waals surface area contributed by atoms with E-state index in [1.54, 1.807) is 23.1 Å². The molecule has 0 aliphatic carbocycles. The number of halogens is 1. The van der Waals surface area contributed by atoms with E-state index in [-0.39, 0.29) is 18.1 Å². The molecule has 1 heterocycles. The second-order valence-corrected chi connectivity index (χ2v) is 8.96. The van der Waals surface area contributed by atoms with Crippen molar-refractivity contribution in [3.8, 4) is 0 Å². The highest BCUT2D eigenvalue weighted by atomic mass is 79.9. The number of hydrogen-bond acceptors (Lipinski definition) is 4. The van der Waals surface area contributed by atoms with E-state index in [0.717, 1.165) is 20.9 Å². The van der Waals surface area contributed by atoms with Gasteiger partial charge in [0, 0.05) is 28.4 Å². The maximum Gasteiger partial charge on any atom is 0.242 e. The number of Topliss-reactive ketones (excluding diaryl/α,β-unsaturated/α-hetero) is 1. The van der Waals surface area contributed by atoms with Crippen LogP contribution in [0.5, 0.6) is 0 Å². The van der Waals surface area contributed by atoms with Crippen LogP contribution in [0.15, 0.2) is 88.9 Å². The van der Waals surface area contributed by atoms with Gasteiger partial charge < -0.3 is 0 Å². The molecule has 1 amide bonds. The zero-order chi connectivity index (χ0) is 21.1. The van der Waals surface area contributed by atoms with Gasteiger partial charge in [-0.1, -0.05) is 82.3 Å². The Balaban J connectivity index is 1.62. The third kappa shape index (κ3) is 4.25. The summed E-state index contributed by atoms with van der Waals surface area (Å²) in [6, 6.07) is 21.1. The van der Waals surface area contributed by atoms with Crippen LogP contribution in [0.4, 0.5) is 5.69 Å². The van der Waals surface area contributed by atoms with E-state index in [9.17, 15) is 9.59 Å². The van der Waals surface area contributed by atoms with Crippen molar-refractivity contribution in [3.05, 3.63) is 89.4 Å². The van der Waals surface area contributed by atoms with E-state index in [1.807, 2.05) is 54.6 Å². The van der Waals surface area contributed by atoms with E-state index in [2.05, 4.69) is 22.5 Å². The van der Waals surface area contributed by atoms with Gasteiger partial charge in [0.1, 0.15) is 0 Å². The van der Waals surface area contributed by atoms with Crippen LogP contribution < -0.4 is 0 Å². The Labute approximate surface area is 187 Å². The summed E-state index contributed by atoms with van der Waals surface area (Å²) in [5.74, 6) is -0.164. The third-order valence-corrected chi connectivity index (χ3v) is 6.56. The van der Waals surface area contributed by atoms with Crippen molar-refractivity contribution in [2.45, 2.75) is 11.7 Å². The lowest BCUT2D eigenvalue weighted by Crippen LogP contribution is -2.32. The maximum atomic E-state index is 13.0. The van der Waals surface area contributed by atoms with Crippen LogP contribution in [-0.2, 0) is 4.79 Å². The zero-order valence-corrected chi connectivity index (χ0v) is 18.5. The second-order valence-electron chi connectivity index (χ2n) is 6.87. The fourth-order valence-corrected chi connectivity index (χ4v) is 4.78. The number of thioether (sulfide) groups is 1. The fraction of sp³-hybridized carbons (Fsp3) is 0.125. The molecule has 6 heteroatoms. The minimum Gasteiger partial charge on any atom is -0.294 e. The lowest BCUT2D eigenvalue weighted by molar-refractivity contribution is -0.125. The lowest BCUT2D eigenvalue weighted by Gasteiger charge is -2.14. The summed E-state index contributed by atoms with van der Waals surface area (Å²) < 4.78 is 0.909. The van der Waals surface area contributed by atoms with Crippen LogP contribution >= 0.6 is 27.7 Å². The highest BCUT2D eigenvalue weighted by Gasteiger charge is 2.38. The van der Waals surface area contributed by atoms with E-state index < -0.39 is 5.25 Å². The average molecular weight is 479 g/mol. The fourth-order valence-electron chi connectivity index (χ4n) is 3.35. The summed E-state index contributed by atoms with van der Waals surface area (Å²) in [6.45, 7) is 4.12. The van der Waals surface area contributed by atoms with Crippen molar-refractivity contribution in [2.24, 2.45) is 4.99 Å². The molecule has 1 unspecified atom stereocenters. The number of aliphatic imine (C=N–C) groups is 1. The summed E-state index contributed by atoms with van der Waals surface area (Å²) >= 11 is 4.72. The molecule has 0 saturated carbocycles. The SMILES string of the molecule is C=CCN1C(=O)C(CC(=O)c2ccc(Br)cc2)SC1=Nc1cccc2ccccc12. The first-order valence-electron chi connectivity index (χ1n) is 9.51. The Morgan fingerprint density at radius 3 is 2.60 bits per heavy atom. The van der Waals surface area contributed by atoms with Crippen LogP contribution in [0, 0.1) is 0 Å². The Hall–Kier alpha value is -2.70. The molecule has 0 aromatic heterocycles. The molecule has 0 radical (unpaired) electrons. The van der Waals surface area contributed by atoms with Crippen molar-refractivity contribution in [2.75, 3.05) is 6.54 Å². The second kappa shape index (κ2) is 8.98. The predicted molar refractivity (Wildman–Crippen MR) is 127 cm³/mol. The summed E-state index contributed by atoms with van der Waals surface area (Å²) in [7, 11) is 0. The third-order valence-electron chi connectivity index (χ3n) is 4.85. The van der Waals surface area contributed by atoms with Crippen LogP contribution in [0.1, 0.15) is 16.8 Å². The number of hydrogen-bond donors (Lipinski definition) is 0. The number of amides is 1. The van der Waals surface area contributed by atoms with Crippen molar-refractivity contribution in [1.82, 2.24) is 4.90 Å². The van der Waals surface area contributed by atoms with Crippen molar-refractivity contribution < 1.29 is 9.59 Å². The van der Waals surface area contributed by atoms with Gasteiger partial charge in [-0.05, 0) is 23.6 Å². The minimum absolute atomic E-state index is 0.0571. The lowest BCUT2D eigenvalue weighted by atomic mass is 10.1. The minimum atomic E-state index is -0.491. The Bertz CT molecular complexity index is 1150. The number of carbonyl (C=O) groups excluding carboxylic acids is 2. The Morgan fingerprint density at radius 2 is 1.83 bits per heavy atom. The number of ketones is 1. The number of fused-ring (bicyclic) bond motifs is 1. The van der Waals surface area contributed by atoms with Crippen LogP contribution in [-0.4, -0.2) is 33.6 Å². The predicted octanol–water partition coefficient (Wildman–Crippen LogP) is 5.99. The van der Waals surface area contributed by atoms with Crippen molar-refractivity contribution in [3.63, 3.8) is 0 Å². The number of amidine groups is 1. The number of rotatable bonds is 6. The van der Waals surface area contributed by atoms with Gasteiger partial charge in [0.25, 0.3) is 0 Å². The molecule has 3 aromatic rings. The van der Waals surface area contributed by atoms with Crippen LogP contribution in [0.25, 0.3) is 10.8 Å². The summed E-state index contributed by atoms with van der Waals surface area (Å²) in [6.07, 6.45) is 1.81. The number of benzene rings is 3. The first-order valence-corrected chi connectivity index (χ1v) is 11.2. The summed E-state index contributed by atoms with van der Waals surface area (Å²) in [5, 5.41) is 2.22. The van der Waals surface area contributed by atoms with Crippen molar-refractivity contribution >= 4 is 61.0 Å². The van der Waals surface area contributed by atoms with Gasteiger partial charge in [-0.2, -0.15) is 0 Å². The van der Waals surface area contributed by atoms with Gasteiger partial charge in [-0.15, -0.1) is 6.58 Å². The Morgan fingerprint density at radius 1 is 1.10 bits per heavy atom. The molecule has 30 heavy (non-hydrogen) atoms. The molecule has 1 saturated heterocycles. The molecule has 4 rings (SSSR count). The van der Waals surface area contributed by atoms with Gasteiger partial charge in [-0.3, -0.25) is 14.5 Å². The molecular weight excluding hydrogens is 460 g/mol. The largest absolute Gasteiger partial charge is 0.294 e. The molecular formula is C24H19BrN2O2S. The highest BCUT2D eigenvalue weighted by molar-refractivity contribution is 9.10. The molecule has 1 aliphatic heterocycles. The monoisotopic (exact) mass is 478 g/mol. The van der Waals surface area contributed by atoms with E-state index in [0.29, 0.717) is 17.3 Å². The molecule has 150 valence electrons. The molecule has 0 spiro atoms. The summed E-state index contributed by atoms with van der Waals surface area (Å²) in [5.41, 5.74) is 1.40.